The molecule has 74 valence electrons. The number of primary amides is 1. The van der Waals surface area contributed by atoms with Crippen LogP contribution in [0.1, 0.15) is 5.56 Å². The van der Waals surface area contributed by atoms with Gasteiger partial charge in [-0.25, -0.2) is 14.6 Å². The van der Waals surface area contributed by atoms with E-state index in [-0.39, 0.29) is 4.47 Å². The van der Waals surface area contributed by atoms with Crippen molar-refractivity contribution in [3.63, 3.8) is 0 Å². The van der Waals surface area contributed by atoms with Gasteiger partial charge in [-0.15, -0.1) is 0 Å². The van der Waals surface area contributed by atoms with Crippen molar-refractivity contribution in [2.75, 3.05) is 0 Å². The molecule has 0 aliphatic carbocycles. The van der Waals surface area contributed by atoms with Crippen LogP contribution in [0, 0.1) is 5.82 Å². The highest BCUT2D eigenvalue weighted by Crippen LogP contribution is 2.18. The third-order valence-corrected chi connectivity index (χ3v) is 2.20. The lowest BCUT2D eigenvalue weighted by molar-refractivity contribution is 0.249. The second-order valence-electron chi connectivity index (χ2n) is 2.38. The van der Waals surface area contributed by atoms with Crippen molar-refractivity contribution in [1.29, 1.82) is 0 Å². The van der Waals surface area contributed by atoms with Gasteiger partial charge in [0, 0.05) is 5.56 Å². The van der Waals surface area contributed by atoms with Crippen LogP contribution in [0.5, 0.6) is 0 Å². The Hall–Kier alpha value is -1.43. The Morgan fingerprint density at radius 3 is 3.00 bits per heavy atom. The van der Waals surface area contributed by atoms with Crippen molar-refractivity contribution in [3.05, 3.63) is 34.1 Å². The van der Waals surface area contributed by atoms with E-state index >= 15 is 0 Å². The monoisotopic (exact) mass is 259 g/mol. The number of rotatable bonds is 2. The number of urea groups is 1. The number of hydrazone groups is 1. The van der Waals surface area contributed by atoms with Crippen LogP contribution in [0.25, 0.3) is 0 Å². The van der Waals surface area contributed by atoms with Gasteiger partial charge in [0.15, 0.2) is 0 Å². The summed E-state index contributed by atoms with van der Waals surface area (Å²) in [5, 5.41) is 3.50. The third-order valence-electron chi connectivity index (χ3n) is 1.36. The van der Waals surface area contributed by atoms with Crippen LogP contribution < -0.4 is 11.2 Å². The predicted octanol–water partition coefficient (Wildman–Crippen LogP) is 1.59. The fraction of sp³-hybridized carbons (Fsp3) is 0. The first-order chi connectivity index (χ1) is 6.61. The highest BCUT2D eigenvalue weighted by atomic mass is 79.9. The van der Waals surface area contributed by atoms with Gasteiger partial charge in [-0.3, -0.25) is 0 Å². The van der Waals surface area contributed by atoms with Gasteiger partial charge < -0.3 is 5.73 Å². The predicted molar refractivity (Wildman–Crippen MR) is 54.4 cm³/mol. The molecule has 0 aromatic heterocycles. The SMILES string of the molecule is NC(=O)N/N=C/c1cccc(F)c1Br. The van der Waals surface area contributed by atoms with Crippen LogP contribution in [0.4, 0.5) is 9.18 Å². The van der Waals surface area contributed by atoms with E-state index in [1.54, 1.807) is 6.07 Å². The number of hydrogen-bond acceptors (Lipinski definition) is 2. The molecule has 0 fully saturated rings. The molecule has 14 heavy (non-hydrogen) atoms. The van der Waals surface area contributed by atoms with Crippen molar-refractivity contribution in [3.8, 4) is 0 Å². The largest absolute Gasteiger partial charge is 0.350 e. The Morgan fingerprint density at radius 2 is 2.36 bits per heavy atom. The number of halogens is 2. The number of benzene rings is 1. The maximum absolute atomic E-state index is 12.9. The lowest BCUT2D eigenvalue weighted by atomic mass is 10.2. The van der Waals surface area contributed by atoms with Gasteiger partial charge in [0.25, 0.3) is 0 Å². The molecule has 0 aliphatic rings. The molecule has 1 rings (SSSR count). The molecule has 0 spiro atoms. The van der Waals surface area contributed by atoms with Crippen molar-refractivity contribution < 1.29 is 9.18 Å². The minimum atomic E-state index is -0.770. The topological polar surface area (TPSA) is 67.5 Å². The van der Waals surface area contributed by atoms with E-state index in [9.17, 15) is 9.18 Å². The highest BCUT2D eigenvalue weighted by molar-refractivity contribution is 9.10. The smallest absolute Gasteiger partial charge is 0.332 e. The van der Waals surface area contributed by atoms with Gasteiger partial charge in [-0.1, -0.05) is 12.1 Å². The van der Waals surface area contributed by atoms with Crippen molar-refractivity contribution in [1.82, 2.24) is 5.43 Å². The molecule has 0 radical (unpaired) electrons. The normalized spacial score (nSPS) is 10.4. The Balaban J connectivity index is 2.81. The summed E-state index contributed by atoms with van der Waals surface area (Å²) in [5.41, 5.74) is 7.29. The molecule has 1 aromatic rings. The van der Waals surface area contributed by atoms with Gasteiger partial charge in [0.05, 0.1) is 10.7 Å². The first kappa shape index (κ1) is 10.6. The number of nitrogens with one attached hydrogen (secondary N) is 1. The van der Waals surface area contributed by atoms with Gasteiger partial charge in [0.2, 0.25) is 0 Å². The summed E-state index contributed by atoms with van der Waals surface area (Å²) >= 11 is 3.04. The Labute approximate surface area is 88.1 Å². The molecular weight excluding hydrogens is 253 g/mol. The van der Waals surface area contributed by atoms with E-state index in [1.807, 2.05) is 5.43 Å². The molecule has 0 heterocycles. The number of amides is 2. The summed E-state index contributed by atoms with van der Waals surface area (Å²) in [5.74, 6) is -0.395. The molecule has 1 aromatic carbocycles. The van der Waals surface area contributed by atoms with Crippen molar-refractivity contribution in [2.24, 2.45) is 10.8 Å². The molecule has 0 saturated carbocycles. The Bertz CT molecular complexity index is 381. The molecule has 3 N–H and O–H groups in total. The maximum Gasteiger partial charge on any atom is 0.332 e. The number of hydrogen-bond donors (Lipinski definition) is 2. The minimum Gasteiger partial charge on any atom is -0.350 e. The quantitative estimate of drug-likeness (QED) is 0.615. The van der Waals surface area contributed by atoms with Crippen LogP contribution in [0.3, 0.4) is 0 Å². The molecular formula is C8H7BrFN3O. The average Bonchev–Trinajstić information content (AvgIpc) is 2.12. The summed E-state index contributed by atoms with van der Waals surface area (Å²) in [6.07, 6.45) is 1.29. The summed E-state index contributed by atoms with van der Waals surface area (Å²) in [6.45, 7) is 0. The number of carbonyl (C=O) groups excluding carboxylic acids is 1. The zero-order valence-corrected chi connectivity index (χ0v) is 8.58. The van der Waals surface area contributed by atoms with Gasteiger partial charge in [0.1, 0.15) is 5.82 Å². The molecule has 2 amide bonds. The second kappa shape index (κ2) is 4.71. The van der Waals surface area contributed by atoms with Crippen molar-refractivity contribution >= 4 is 28.2 Å². The number of nitrogens with zero attached hydrogens (tertiary/aromatic N) is 1. The highest BCUT2D eigenvalue weighted by Gasteiger charge is 2.01. The lowest BCUT2D eigenvalue weighted by Crippen LogP contribution is -2.24. The zero-order valence-electron chi connectivity index (χ0n) is 7.00. The van der Waals surface area contributed by atoms with E-state index in [1.165, 1.54) is 18.3 Å². The first-order valence-corrected chi connectivity index (χ1v) is 4.43. The van der Waals surface area contributed by atoms with Crippen LogP contribution in [-0.4, -0.2) is 12.2 Å². The van der Waals surface area contributed by atoms with E-state index in [4.69, 9.17) is 5.73 Å². The van der Waals surface area contributed by atoms with E-state index in [0.29, 0.717) is 5.56 Å². The third kappa shape index (κ3) is 2.81. The van der Waals surface area contributed by atoms with Crippen molar-refractivity contribution in [2.45, 2.75) is 0 Å². The second-order valence-corrected chi connectivity index (χ2v) is 3.17. The van der Waals surface area contributed by atoms with Gasteiger partial charge in [-0.2, -0.15) is 5.10 Å². The molecule has 4 nitrogen and oxygen atoms in total. The van der Waals surface area contributed by atoms with Crippen LogP contribution in [-0.2, 0) is 0 Å². The summed E-state index contributed by atoms with van der Waals surface area (Å²) in [4.78, 5) is 10.3. The van der Waals surface area contributed by atoms with Crippen LogP contribution in [0.15, 0.2) is 27.8 Å². The number of nitrogens with two attached hydrogens (primary N) is 1. The zero-order chi connectivity index (χ0) is 10.6. The lowest BCUT2D eigenvalue weighted by Gasteiger charge is -1.98. The first-order valence-electron chi connectivity index (χ1n) is 3.64. The fourth-order valence-corrected chi connectivity index (χ4v) is 1.15. The maximum atomic E-state index is 12.9. The molecule has 0 saturated heterocycles. The summed E-state index contributed by atoms with van der Waals surface area (Å²) in [6, 6.07) is 3.71. The molecule has 0 unspecified atom stereocenters. The average molecular weight is 260 g/mol. The van der Waals surface area contributed by atoms with Crippen LogP contribution >= 0.6 is 15.9 Å². The molecule has 6 heteroatoms. The van der Waals surface area contributed by atoms with Crippen LogP contribution in [0.2, 0.25) is 0 Å². The summed E-state index contributed by atoms with van der Waals surface area (Å²) < 4.78 is 13.2. The Kier molecular flexibility index (Phi) is 3.58. The van der Waals surface area contributed by atoms with E-state index < -0.39 is 11.8 Å². The van der Waals surface area contributed by atoms with E-state index in [0.717, 1.165) is 0 Å². The summed E-state index contributed by atoms with van der Waals surface area (Å²) in [7, 11) is 0. The molecule has 0 bridgehead atoms. The fourth-order valence-electron chi connectivity index (χ4n) is 0.786. The molecule has 0 aliphatic heterocycles. The Morgan fingerprint density at radius 1 is 1.64 bits per heavy atom. The number of carbonyl (C=O) groups is 1. The minimum absolute atomic E-state index is 0.287. The van der Waals surface area contributed by atoms with Gasteiger partial charge >= 0.3 is 6.03 Å². The van der Waals surface area contributed by atoms with Gasteiger partial charge in [-0.05, 0) is 22.0 Å². The van der Waals surface area contributed by atoms with E-state index in [2.05, 4.69) is 21.0 Å². The molecule has 0 atom stereocenters. The standard InChI is InChI=1S/C8H7BrFN3O/c9-7-5(2-1-3-6(7)10)4-12-13-8(11)14/h1-4H,(H3,11,13,14)/b12-4+.